The van der Waals surface area contributed by atoms with Crippen molar-refractivity contribution < 1.29 is 65.6 Å². The summed E-state index contributed by atoms with van der Waals surface area (Å²) in [7, 11) is 0. The van der Waals surface area contributed by atoms with Gasteiger partial charge in [0.25, 0.3) is 0 Å². The Morgan fingerprint density at radius 3 is 1.12 bits per heavy atom. The van der Waals surface area contributed by atoms with E-state index in [-0.39, 0.29) is 70.5 Å². The molecule has 0 aromatic rings. The van der Waals surface area contributed by atoms with Gasteiger partial charge in [0.05, 0.1) is 0 Å². The van der Waals surface area contributed by atoms with Crippen LogP contribution in [0.25, 0.3) is 0 Å². The first kappa shape index (κ1) is 60.0. The Hall–Kier alpha value is 1.22. The summed E-state index contributed by atoms with van der Waals surface area (Å²) in [5, 5.41) is 6.76. The summed E-state index contributed by atoms with van der Waals surface area (Å²) in [4.78, 5) is 8.24. The molecular formula is C3H7O2V3-. The SMILES string of the molecule is O=[C-]O.[CH3-].[CH3-].[V+2].[V].[V]. The maximum absolute atomic E-state index is 8.24. The summed E-state index contributed by atoms with van der Waals surface area (Å²) >= 11 is 0. The van der Waals surface area contributed by atoms with Crippen molar-refractivity contribution >= 4 is 6.47 Å². The van der Waals surface area contributed by atoms with Crippen molar-refractivity contribution in [2.75, 3.05) is 0 Å². The molecule has 2 nitrogen and oxygen atoms in total. The maximum Gasteiger partial charge on any atom is 2.00 e. The van der Waals surface area contributed by atoms with Gasteiger partial charge in [0.2, 0.25) is 0 Å². The maximum atomic E-state index is 8.24. The van der Waals surface area contributed by atoms with Crippen molar-refractivity contribution in [1.29, 1.82) is 0 Å². The fraction of sp³-hybridized carbons (Fsp3) is 0. The van der Waals surface area contributed by atoms with E-state index < -0.39 is 0 Å². The van der Waals surface area contributed by atoms with E-state index in [1.807, 2.05) is 0 Å². The molecule has 0 saturated carbocycles. The zero-order valence-corrected chi connectivity index (χ0v) is 8.89. The van der Waals surface area contributed by atoms with E-state index in [2.05, 4.69) is 0 Å². The minimum absolute atomic E-state index is 0. The number of rotatable bonds is 0. The second-order valence-electron chi connectivity index (χ2n) is 0.0913. The van der Waals surface area contributed by atoms with Crippen molar-refractivity contribution in [2.45, 2.75) is 0 Å². The second kappa shape index (κ2) is 86.8. The Morgan fingerprint density at radius 2 is 1.12 bits per heavy atom. The minimum Gasteiger partial charge on any atom is -0.665 e. The molecule has 47 valence electrons. The van der Waals surface area contributed by atoms with Crippen LogP contribution in [0.5, 0.6) is 0 Å². The second-order valence-corrected chi connectivity index (χ2v) is 0.0913. The average molecular weight is 228 g/mol. The average Bonchev–Trinajstić information content (AvgIpc) is 0.918. The predicted octanol–water partition coefficient (Wildman–Crippen LogP) is 0.505. The van der Waals surface area contributed by atoms with Gasteiger partial charge in [-0.25, -0.2) is 0 Å². The molecule has 5 heteroatoms. The predicted molar refractivity (Wildman–Crippen MR) is 21.2 cm³/mol. The molecular weight excluding hydrogens is 221 g/mol. The molecule has 0 heterocycles. The molecule has 0 aromatic heterocycles. The fourth-order valence-electron chi connectivity index (χ4n) is 0. The number of aliphatic hydroxyl groups excluding tert-OH is 1. The van der Waals surface area contributed by atoms with Crippen LogP contribution in [-0.2, 0) is 60.5 Å². The third-order valence-corrected chi connectivity index (χ3v) is 0. The van der Waals surface area contributed by atoms with Gasteiger partial charge in [0.15, 0.2) is 0 Å². The smallest absolute Gasteiger partial charge is 0.665 e. The van der Waals surface area contributed by atoms with E-state index in [1.54, 1.807) is 0 Å². The molecule has 0 aliphatic heterocycles. The first-order valence-corrected chi connectivity index (χ1v) is 0.428. The Morgan fingerprint density at radius 1 is 1.12 bits per heavy atom. The Labute approximate surface area is 86.5 Å². The molecule has 0 unspecified atom stereocenters. The fourth-order valence-corrected chi connectivity index (χ4v) is 0. The Balaban J connectivity index is -0.00000000200. The zero-order chi connectivity index (χ0) is 2.71. The van der Waals surface area contributed by atoms with Crippen LogP contribution in [0.3, 0.4) is 0 Å². The Kier molecular flexibility index (Phi) is 651. The van der Waals surface area contributed by atoms with Gasteiger partial charge >= 0.3 is 18.6 Å². The van der Waals surface area contributed by atoms with Gasteiger partial charge in [-0.05, 0) is 0 Å². The molecule has 0 bridgehead atoms. The van der Waals surface area contributed by atoms with Gasteiger partial charge < -0.3 is 24.8 Å². The van der Waals surface area contributed by atoms with Crippen molar-refractivity contribution in [2.24, 2.45) is 0 Å². The van der Waals surface area contributed by atoms with Gasteiger partial charge in [-0.1, -0.05) is 6.47 Å². The van der Waals surface area contributed by atoms with Gasteiger partial charge in [0, 0.05) is 37.1 Å². The van der Waals surface area contributed by atoms with E-state index in [4.69, 9.17) is 9.90 Å². The molecule has 0 fully saturated rings. The molecule has 3 radical (unpaired) electrons. The van der Waals surface area contributed by atoms with Gasteiger partial charge in [-0.3, -0.25) is 0 Å². The topological polar surface area (TPSA) is 37.3 Å². The number of hydrogen-bond acceptors (Lipinski definition) is 1. The molecule has 0 spiro atoms. The van der Waals surface area contributed by atoms with Crippen LogP contribution in [0.2, 0.25) is 0 Å². The van der Waals surface area contributed by atoms with E-state index >= 15 is 0 Å². The summed E-state index contributed by atoms with van der Waals surface area (Å²) in [6.07, 6.45) is 0. The normalized spacial score (nSPS) is 1.50. The third kappa shape index (κ3) is 187. The molecule has 0 aromatic carbocycles. The van der Waals surface area contributed by atoms with E-state index in [1.165, 1.54) is 0 Å². The molecule has 0 rings (SSSR count). The van der Waals surface area contributed by atoms with Crippen LogP contribution < -0.4 is 0 Å². The number of hydrogen-bond donors (Lipinski definition) is 1. The first-order chi connectivity index (χ1) is 1.41. The molecule has 0 saturated heterocycles. The summed E-state index contributed by atoms with van der Waals surface area (Å²) < 4.78 is 0. The van der Waals surface area contributed by atoms with Crippen LogP contribution >= 0.6 is 0 Å². The summed E-state index contributed by atoms with van der Waals surface area (Å²) in [6, 6.07) is 0. The van der Waals surface area contributed by atoms with E-state index in [9.17, 15) is 0 Å². The molecule has 0 aliphatic carbocycles. The van der Waals surface area contributed by atoms with Gasteiger partial charge in [-0.2, -0.15) is 0 Å². The summed E-state index contributed by atoms with van der Waals surface area (Å²) in [6.45, 7) is 0.500. The third-order valence-electron chi connectivity index (χ3n) is 0. The van der Waals surface area contributed by atoms with Crippen molar-refractivity contribution in [1.82, 2.24) is 0 Å². The van der Waals surface area contributed by atoms with E-state index in [0.717, 1.165) is 0 Å². The minimum atomic E-state index is 0. The molecule has 0 aliphatic rings. The standard InChI is InChI=1S/CHO2.2CH3.3V/c2-1-3;;;;;/h(H,2,3);2*1H3;;;/q3*-1;;;+2. The van der Waals surface area contributed by atoms with Crippen LogP contribution in [0.1, 0.15) is 0 Å². The quantitative estimate of drug-likeness (QED) is 0.613. The van der Waals surface area contributed by atoms with Crippen molar-refractivity contribution in [3.63, 3.8) is 0 Å². The van der Waals surface area contributed by atoms with Crippen LogP contribution in [0.4, 0.5) is 0 Å². The molecule has 0 amide bonds. The zero-order valence-electron chi connectivity index (χ0n) is 4.70. The molecule has 8 heavy (non-hydrogen) atoms. The first-order valence-electron chi connectivity index (χ1n) is 0.428. The van der Waals surface area contributed by atoms with Crippen molar-refractivity contribution in [3.8, 4) is 0 Å². The summed E-state index contributed by atoms with van der Waals surface area (Å²) in [5.74, 6) is 0. The van der Waals surface area contributed by atoms with Gasteiger partial charge in [0.1, 0.15) is 0 Å². The van der Waals surface area contributed by atoms with Crippen LogP contribution in [0.15, 0.2) is 0 Å². The van der Waals surface area contributed by atoms with E-state index in [0.29, 0.717) is 6.47 Å². The Bertz CT molecular complexity index is 20.0. The molecule has 0 atom stereocenters. The van der Waals surface area contributed by atoms with Crippen molar-refractivity contribution in [3.05, 3.63) is 14.9 Å². The monoisotopic (exact) mass is 228 g/mol. The van der Waals surface area contributed by atoms with Gasteiger partial charge in [-0.15, -0.1) is 0 Å². The summed E-state index contributed by atoms with van der Waals surface area (Å²) in [5.41, 5.74) is 0. The molecule has 1 N–H and O–H groups in total. The van der Waals surface area contributed by atoms with Crippen LogP contribution in [-0.4, -0.2) is 11.6 Å². The largest absolute Gasteiger partial charge is 2.00 e. The van der Waals surface area contributed by atoms with Crippen LogP contribution in [0, 0.1) is 14.9 Å².